The number of nitrogens with zero attached hydrogens (tertiary/aromatic N) is 2. The fraction of sp³-hybridized carbons (Fsp3) is 0.0417. The molecule has 1 N–H and O–H groups in total. The first-order chi connectivity index (χ1) is 15.5. The number of benzene rings is 3. The molecule has 2 aromatic heterocycles. The minimum Gasteiger partial charge on any atom is -0.488 e. The molecule has 0 aliphatic heterocycles. The summed E-state index contributed by atoms with van der Waals surface area (Å²) in [5, 5.41) is 9.03. The van der Waals surface area contributed by atoms with Gasteiger partial charge in [0.05, 0.1) is 21.1 Å². The van der Waals surface area contributed by atoms with Crippen molar-refractivity contribution in [2.45, 2.75) is 6.61 Å². The molecule has 0 aliphatic carbocycles. The molecule has 8 heteroatoms. The van der Waals surface area contributed by atoms with Crippen molar-refractivity contribution in [3.05, 3.63) is 103 Å². The lowest BCUT2D eigenvalue weighted by molar-refractivity contribution is 0.0697. The third-order valence-electron chi connectivity index (χ3n) is 5.00. The van der Waals surface area contributed by atoms with Crippen LogP contribution in [0.25, 0.3) is 22.1 Å². The van der Waals surface area contributed by atoms with E-state index in [1.807, 2.05) is 48.5 Å². The predicted octanol–water partition coefficient (Wildman–Crippen LogP) is 4.50. The zero-order chi connectivity index (χ0) is 22.2. The highest BCUT2D eigenvalue weighted by molar-refractivity contribution is 9.10. The van der Waals surface area contributed by atoms with Gasteiger partial charge in [0.25, 0.3) is 5.56 Å². The van der Waals surface area contributed by atoms with Gasteiger partial charge in [-0.25, -0.2) is 14.2 Å². The van der Waals surface area contributed by atoms with Gasteiger partial charge >= 0.3 is 5.97 Å². The van der Waals surface area contributed by atoms with Gasteiger partial charge in [0.15, 0.2) is 4.96 Å². The molecule has 5 rings (SSSR count). The first-order valence-electron chi connectivity index (χ1n) is 9.66. The summed E-state index contributed by atoms with van der Waals surface area (Å²) in [5.41, 5.74) is 3.29. The number of hydrogen-bond acceptors (Lipinski definition) is 5. The summed E-state index contributed by atoms with van der Waals surface area (Å²) in [6.45, 7) is 0.269. The van der Waals surface area contributed by atoms with Gasteiger partial charge in [-0.15, -0.1) is 0 Å². The molecule has 0 radical (unpaired) electrons. The molecule has 158 valence electrons. The monoisotopic (exact) mass is 506 g/mol. The van der Waals surface area contributed by atoms with Crippen LogP contribution in [0.2, 0.25) is 0 Å². The number of ether oxygens (including phenoxy) is 1. The van der Waals surface area contributed by atoms with Crippen molar-refractivity contribution in [3.63, 3.8) is 0 Å². The lowest BCUT2D eigenvalue weighted by Gasteiger charge is -2.10. The largest absolute Gasteiger partial charge is 0.488 e. The number of carboxylic acids is 1. The van der Waals surface area contributed by atoms with Gasteiger partial charge in [0.2, 0.25) is 0 Å². The maximum Gasteiger partial charge on any atom is 0.335 e. The molecule has 32 heavy (non-hydrogen) atoms. The number of fused-ring (bicyclic) bond motifs is 3. The highest BCUT2D eigenvalue weighted by atomic mass is 79.9. The Bertz CT molecular complexity index is 1590. The molecule has 3 aromatic carbocycles. The Morgan fingerprint density at radius 1 is 1.12 bits per heavy atom. The second kappa shape index (κ2) is 8.22. The van der Waals surface area contributed by atoms with Crippen molar-refractivity contribution >= 4 is 55.3 Å². The molecule has 0 fully saturated rings. The summed E-state index contributed by atoms with van der Waals surface area (Å²) in [6, 6.07) is 19.7. The summed E-state index contributed by atoms with van der Waals surface area (Å²) in [7, 11) is 0. The quantitative estimate of drug-likeness (QED) is 0.379. The third-order valence-corrected chi connectivity index (χ3v) is 6.46. The van der Waals surface area contributed by atoms with Gasteiger partial charge in [0.1, 0.15) is 12.4 Å². The average molecular weight is 507 g/mol. The number of aromatic carboxylic acids is 1. The minimum absolute atomic E-state index is 0.117. The molecule has 0 bridgehead atoms. The zero-order valence-corrected chi connectivity index (χ0v) is 18.9. The van der Waals surface area contributed by atoms with Crippen LogP contribution in [0.15, 0.2) is 76.0 Å². The number of carboxylic acid groups (broad SMARTS) is 1. The number of aromatic nitrogens is 2. The number of carbonyl (C=O) groups is 1. The van der Waals surface area contributed by atoms with Crippen LogP contribution in [0.4, 0.5) is 0 Å². The van der Waals surface area contributed by atoms with E-state index >= 15 is 0 Å². The van der Waals surface area contributed by atoms with E-state index in [2.05, 4.69) is 20.9 Å². The van der Waals surface area contributed by atoms with Crippen LogP contribution in [-0.2, 0) is 6.61 Å². The summed E-state index contributed by atoms with van der Waals surface area (Å²) in [5.74, 6) is -0.350. The second-order valence-electron chi connectivity index (χ2n) is 7.11. The lowest BCUT2D eigenvalue weighted by atomic mass is 10.1. The van der Waals surface area contributed by atoms with Gasteiger partial charge in [0, 0.05) is 10.0 Å². The zero-order valence-electron chi connectivity index (χ0n) is 16.5. The Hall–Kier alpha value is -3.49. The Kier molecular flexibility index (Phi) is 5.24. The molecular formula is C24H15BrN2O4S. The molecule has 0 amide bonds. The molecular weight excluding hydrogens is 492 g/mol. The van der Waals surface area contributed by atoms with Crippen molar-refractivity contribution < 1.29 is 14.6 Å². The Labute approximate surface area is 194 Å². The fourth-order valence-electron chi connectivity index (χ4n) is 3.42. The number of para-hydroxylation sites is 2. The van der Waals surface area contributed by atoms with Crippen LogP contribution in [0, 0.1) is 0 Å². The van der Waals surface area contributed by atoms with Gasteiger partial charge in [-0.05, 0) is 54.1 Å². The van der Waals surface area contributed by atoms with E-state index in [0.717, 1.165) is 26.6 Å². The molecule has 2 heterocycles. The molecule has 6 nitrogen and oxygen atoms in total. The molecule has 0 unspecified atom stereocenters. The highest BCUT2D eigenvalue weighted by Crippen LogP contribution is 2.25. The number of hydrogen-bond donors (Lipinski definition) is 1. The van der Waals surface area contributed by atoms with Gasteiger partial charge < -0.3 is 9.84 Å². The van der Waals surface area contributed by atoms with Crippen LogP contribution in [0.3, 0.4) is 0 Å². The Morgan fingerprint density at radius 2 is 1.91 bits per heavy atom. The number of thiazole rings is 1. The SMILES string of the molecule is O=C(O)c1ccc(COc2ccc(Br)cc2/C=c2\sc3nc4ccccc4n3c2=O)cc1. The van der Waals surface area contributed by atoms with Crippen molar-refractivity contribution in [3.8, 4) is 5.75 Å². The first kappa shape index (κ1) is 20.4. The summed E-state index contributed by atoms with van der Waals surface area (Å²) in [6.07, 6.45) is 1.81. The number of imidazole rings is 1. The van der Waals surface area contributed by atoms with E-state index in [0.29, 0.717) is 15.2 Å². The van der Waals surface area contributed by atoms with E-state index in [1.54, 1.807) is 28.7 Å². The lowest BCUT2D eigenvalue weighted by Crippen LogP contribution is -2.22. The number of halogens is 1. The maximum absolute atomic E-state index is 13.1. The van der Waals surface area contributed by atoms with E-state index in [-0.39, 0.29) is 17.7 Å². The molecule has 0 saturated heterocycles. The van der Waals surface area contributed by atoms with Gasteiger partial charge in [-0.3, -0.25) is 4.79 Å². The average Bonchev–Trinajstić information content (AvgIpc) is 3.29. The van der Waals surface area contributed by atoms with Crippen LogP contribution in [0.5, 0.6) is 5.75 Å². The Balaban J connectivity index is 1.51. The normalized spacial score (nSPS) is 12.0. The van der Waals surface area contributed by atoms with Crippen molar-refractivity contribution in [1.29, 1.82) is 0 Å². The molecule has 5 aromatic rings. The van der Waals surface area contributed by atoms with Crippen LogP contribution in [-0.4, -0.2) is 20.5 Å². The standard InChI is InChI=1S/C24H15BrN2O4S/c25-17-9-10-20(31-13-14-5-7-15(8-6-14)23(29)30)16(11-17)12-21-22(28)27-19-4-2-1-3-18(19)26-24(27)32-21/h1-12H,13H2,(H,29,30)/b21-12-. The van der Waals surface area contributed by atoms with Crippen molar-refractivity contribution in [2.75, 3.05) is 0 Å². The Morgan fingerprint density at radius 3 is 2.69 bits per heavy atom. The van der Waals surface area contributed by atoms with Crippen LogP contribution < -0.4 is 14.8 Å². The van der Waals surface area contributed by atoms with E-state index < -0.39 is 5.97 Å². The molecule has 0 saturated carbocycles. The van der Waals surface area contributed by atoms with Crippen LogP contribution >= 0.6 is 27.3 Å². The van der Waals surface area contributed by atoms with Crippen LogP contribution in [0.1, 0.15) is 21.5 Å². The van der Waals surface area contributed by atoms with E-state index in [1.165, 1.54) is 11.3 Å². The first-order valence-corrected chi connectivity index (χ1v) is 11.3. The second-order valence-corrected chi connectivity index (χ2v) is 9.03. The summed E-state index contributed by atoms with van der Waals surface area (Å²) < 4.78 is 9.05. The fourth-order valence-corrected chi connectivity index (χ4v) is 4.78. The topological polar surface area (TPSA) is 80.9 Å². The van der Waals surface area contributed by atoms with Gasteiger partial charge in [-0.2, -0.15) is 0 Å². The van der Waals surface area contributed by atoms with E-state index in [4.69, 9.17) is 9.84 Å². The van der Waals surface area contributed by atoms with Crippen molar-refractivity contribution in [2.24, 2.45) is 0 Å². The smallest absolute Gasteiger partial charge is 0.335 e. The predicted molar refractivity (Wildman–Crippen MR) is 128 cm³/mol. The highest BCUT2D eigenvalue weighted by Gasteiger charge is 2.12. The van der Waals surface area contributed by atoms with Crippen molar-refractivity contribution in [1.82, 2.24) is 9.38 Å². The minimum atomic E-state index is -0.967. The number of rotatable bonds is 5. The van der Waals surface area contributed by atoms with Gasteiger partial charge in [-0.1, -0.05) is 51.5 Å². The van der Waals surface area contributed by atoms with E-state index in [9.17, 15) is 9.59 Å². The summed E-state index contributed by atoms with van der Waals surface area (Å²) >= 11 is 4.82. The third kappa shape index (κ3) is 3.79. The summed E-state index contributed by atoms with van der Waals surface area (Å²) in [4.78, 5) is 29.3. The molecule has 0 aliphatic rings. The maximum atomic E-state index is 13.1. The molecule has 0 atom stereocenters. The molecule has 0 spiro atoms.